The third-order valence-corrected chi connectivity index (χ3v) is 4.33. The summed E-state index contributed by atoms with van der Waals surface area (Å²) in [7, 11) is 1.35. The standard InChI is InChI=1S/C17H21NO5/c1-11(8-16(20)21-2)7-15(19)18-17-12(10-23-18)9-22-14-6-4-3-5-13(14)17/h3-6,11-12,17H,7-10H2,1-2H3/t11-,12+,17-/m1/s1. The van der Waals surface area contributed by atoms with E-state index in [4.69, 9.17) is 9.57 Å². The van der Waals surface area contributed by atoms with Gasteiger partial charge in [0.2, 0.25) is 5.91 Å². The second-order valence-electron chi connectivity index (χ2n) is 6.16. The Hall–Kier alpha value is -2.08. The quantitative estimate of drug-likeness (QED) is 0.795. The molecule has 1 aromatic rings. The van der Waals surface area contributed by atoms with E-state index in [0.29, 0.717) is 13.2 Å². The highest BCUT2D eigenvalue weighted by Crippen LogP contribution is 2.43. The highest BCUT2D eigenvalue weighted by atomic mass is 16.7. The molecule has 0 unspecified atom stereocenters. The first-order valence-corrected chi connectivity index (χ1v) is 7.83. The molecule has 23 heavy (non-hydrogen) atoms. The van der Waals surface area contributed by atoms with Gasteiger partial charge in [0.25, 0.3) is 0 Å². The fraction of sp³-hybridized carbons (Fsp3) is 0.529. The topological polar surface area (TPSA) is 65.1 Å². The Kier molecular flexibility index (Phi) is 4.52. The van der Waals surface area contributed by atoms with Crippen LogP contribution in [0.3, 0.4) is 0 Å². The number of amides is 1. The molecule has 2 aliphatic rings. The molecule has 0 saturated carbocycles. The summed E-state index contributed by atoms with van der Waals surface area (Å²) in [6.07, 6.45) is 0.477. The van der Waals surface area contributed by atoms with Crippen LogP contribution in [0.2, 0.25) is 0 Å². The van der Waals surface area contributed by atoms with E-state index in [9.17, 15) is 9.59 Å². The van der Waals surface area contributed by atoms with E-state index < -0.39 is 0 Å². The van der Waals surface area contributed by atoms with Gasteiger partial charge in [0.15, 0.2) is 0 Å². The summed E-state index contributed by atoms with van der Waals surface area (Å²) in [6.45, 7) is 2.87. The molecule has 0 spiro atoms. The zero-order chi connectivity index (χ0) is 16.4. The predicted molar refractivity (Wildman–Crippen MR) is 81.4 cm³/mol. The number of carbonyl (C=O) groups is 2. The van der Waals surface area contributed by atoms with Crippen LogP contribution in [0.15, 0.2) is 24.3 Å². The average Bonchev–Trinajstić information content (AvgIpc) is 2.99. The first kappa shape index (κ1) is 15.8. The lowest BCUT2D eigenvalue weighted by Crippen LogP contribution is -2.35. The Labute approximate surface area is 135 Å². The van der Waals surface area contributed by atoms with Crippen molar-refractivity contribution in [1.82, 2.24) is 5.06 Å². The van der Waals surface area contributed by atoms with Gasteiger partial charge >= 0.3 is 5.97 Å². The minimum absolute atomic E-state index is 0.0901. The molecule has 1 amide bonds. The summed E-state index contributed by atoms with van der Waals surface area (Å²) in [6, 6.07) is 7.62. The van der Waals surface area contributed by atoms with Gasteiger partial charge in [0.1, 0.15) is 5.75 Å². The van der Waals surface area contributed by atoms with Crippen LogP contribution in [-0.4, -0.2) is 37.3 Å². The van der Waals surface area contributed by atoms with Gasteiger partial charge in [-0.05, 0) is 12.0 Å². The molecule has 0 bridgehead atoms. The molecule has 0 aromatic heterocycles. The summed E-state index contributed by atoms with van der Waals surface area (Å²) >= 11 is 0. The molecule has 1 fully saturated rings. The Morgan fingerprint density at radius 3 is 2.87 bits per heavy atom. The number of hydrogen-bond donors (Lipinski definition) is 0. The van der Waals surface area contributed by atoms with E-state index in [1.165, 1.54) is 12.2 Å². The van der Waals surface area contributed by atoms with Gasteiger partial charge in [0, 0.05) is 24.3 Å². The Bertz CT molecular complexity index is 602. The minimum Gasteiger partial charge on any atom is -0.493 e. The summed E-state index contributed by atoms with van der Waals surface area (Å²) in [5.74, 6) is 0.449. The first-order chi connectivity index (χ1) is 11.1. The van der Waals surface area contributed by atoms with Crippen LogP contribution < -0.4 is 4.74 Å². The maximum Gasteiger partial charge on any atom is 0.305 e. The second kappa shape index (κ2) is 6.58. The summed E-state index contributed by atoms with van der Waals surface area (Å²) in [5.41, 5.74) is 0.982. The number of hydrogen-bond acceptors (Lipinski definition) is 5. The van der Waals surface area contributed by atoms with Crippen LogP contribution in [0.25, 0.3) is 0 Å². The zero-order valence-electron chi connectivity index (χ0n) is 13.4. The highest BCUT2D eigenvalue weighted by Gasteiger charge is 2.44. The van der Waals surface area contributed by atoms with Gasteiger partial charge in [-0.1, -0.05) is 25.1 Å². The molecule has 124 valence electrons. The number of esters is 1. The van der Waals surface area contributed by atoms with E-state index in [-0.39, 0.29) is 42.6 Å². The Morgan fingerprint density at radius 2 is 2.09 bits per heavy atom. The molecule has 2 heterocycles. The Morgan fingerprint density at radius 1 is 1.30 bits per heavy atom. The molecule has 3 atom stereocenters. The number of carbonyl (C=O) groups excluding carboxylic acids is 2. The lowest BCUT2D eigenvalue weighted by Gasteiger charge is -2.31. The highest BCUT2D eigenvalue weighted by molar-refractivity contribution is 5.77. The van der Waals surface area contributed by atoms with Crippen molar-refractivity contribution in [2.24, 2.45) is 11.8 Å². The molecule has 0 aliphatic carbocycles. The van der Waals surface area contributed by atoms with E-state index >= 15 is 0 Å². The van der Waals surface area contributed by atoms with Gasteiger partial charge in [-0.15, -0.1) is 0 Å². The van der Waals surface area contributed by atoms with E-state index in [0.717, 1.165) is 11.3 Å². The average molecular weight is 319 g/mol. The van der Waals surface area contributed by atoms with Crippen molar-refractivity contribution in [3.8, 4) is 5.75 Å². The van der Waals surface area contributed by atoms with Gasteiger partial charge in [-0.2, -0.15) is 0 Å². The smallest absolute Gasteiger partial charge is 0.305 e. The van der Waals surface area contributed by atoms with Crippen molar-refractivity contribution in [3.63, 3.8) is 0 Å². The normalized spacial score (nSPS) is 23.5. The van der Waals surface area contributed by atoms with Crippen molar-refractivity contribution >= 4 is 11.9 Å². The lowest BCUT2D eigenvalue weighted by atomic mass is 9.91. The van der Waals surface area contributed by atoms with E-state index in [1.807, 2.05) is 31.2 Å². The molecule has 1 aromatic carbocycles. The van der Waals surface area contributed by atoms with Gasteiger partial charge in [-0.25, -0.2) is 5.06 Å². The molecular weight excluding hydrogens is 298 g/mol. The van der Waals surface area contributed by atoms with Crippen LogP contribution in [-0.2, 0) is 19.2 Å². The van der Waals surface area contributed by atoms with E-state index in [2.05, 4.69) is 4.74 Å². The van der Waals surface area contributed by atoms with E-state index in [1.54, 1.807) is 0 Å². The molecule has 0 N–H and O–H groups in total. The number of para-hydroxylation sites is 1. The van der Waals surface area contributed by atoms with Crippen LogP contribution in [0.4, 0.5) is 0 Å². The predicted octanol–water partition coefficient (Wildman–Crippen LogP) is 2.10. The molecule has 1 saturated heterocycles. The van der Waals surface area contributed by atoms with Crippen molar-refractivity contribution < 1.29 is 23.9 Å². The summed E-state index contributed by atoms with van der Waals surface area (Å²) < 4.78 is 10.4. The van der Waals surface area contributed by atoms with Crippen LogP contribution in [0, 0.1) is 11.8 Å². The SMILES string of the molecule is COC(=O)C[C@H](C)CC(=O)N1OC[C@@H]2COc3ccccc3[C@@H]21. The van der Waals surface area contributed by atoms with Crippen molar-refractivity contribution in [2.75, 3.05) is 20.3 Å². The van der Waals surface area contributed by atoms with Crippen LogP contribution >= 0.6 is 0 Å². The molecule has 0 radical (unpaired) electrons. The monoisotopic (exact) mass is 319 g/mol. The summed E-state index contributed by atoms with van der Waals surface area (Å²) in [5, 5.41) is 1.47. The molecule has 2 aliphatic heterocycles. The number of benzene rings is 1. The van der Waals surface area contributed by atoms with Crippen LogP contribution in [0.5, 0.6) is 5.75 Å². The minimum atomic E-state index is -0.304. The number of ether oxygens (including phenoxy) is 2. The molecule has 6 heteroatoms. The van der Waals surface area contributed by atoms with Crippen molar-refractivity contribution in [3.05, 3.63) is 29.8 Å². The maximum atomic E-state index is 12.6. The molecule has 6 nitrogen and oxygen atoms in total. The Balaban J connectivity index is 1.71. The number of methoxy groups -OCH3 is 1. The van der Waals surface area contributed by atoms with Crippen LogP contribution in [0.1, 0.15) is 31.4 Å². The van der Waals surface area contributed by atoms with Gasteiger partial charge < -0.3 is 9.47 Å². The zero-order valence-corrected chi connectivity index (χ0v) is 13.4. The first-order valence-electron chi connectivity index (χ1n) is 7.83. The number of nitrogens with zero attached hydrogens (tertiary/aromatic N) is 1. The van der Waals surface area contributed by atoms with Crippen molar-refractivity contribution in [2.45, 2.75) is 25.8 Å². The maximum absolute atomic E-state index is 12.6. The third kappa shape index (κ3) is 3.17. The lowest BCUT2D eigenvalue weighted by molar-refractivity contribution is -0.178. The second-order valence-corrected chi connectivity index (χ2v) is 6.16. The van der Waals surface area contributed by atoms with Crippen molar-refractivity contribution in [1.29, 1.82) is 0 Å². The molecule has 3 rings (SSSR count). The number of rotatable bonds is 4. The summed E-state index contributed by atoms with van der Waals surface area (Å²) in [4.78, 5) is 29.6. The van der Waals surface area contributed by atoms with Gasteiger partial charge in [0.05, 0.1) is 26.4 Å². The van der Waals surface area contributed by atoms with Gasteiger partial charge in [-0.3, -0.25) is 14.4 Å². The third-order valence-electron chi connectivity index (χ3n) is 4.33. The fourth-order valence-electron chi connectivity index (χ4n) is 3.17. The number of fused-ring (bicyclic) bond motifs is 3. The molecular formula is C17H21NO5. The largest absolute Gasteiger partial charge is 0.493 e. The fourth-order valence-corrected chi connectivity index (χ4v) is 3.17. The number of hydroxylamine groups is 2.